The van der Waals surface area contributed by atoms with E-state index in [4.69, 9.17) is 4.74 Å². The molecule has 0 saturated carbocycles. The molecule has 1 aliphatic heterocycles. The SMILES string of the molecule is CCCN1CCCCC1C(=O)NCCCOc1ccccc1. The van der Waals surface area contributed by atoms with Crippen molar-refractivity contribution in [2.75, 3.05) is 26.2 Å². The van der Waals surface area contributed by atoms with Crippen molar-refractivity contribution in [2.45, 2.75) is 45.1 Å². The molecule has 1 aliphatic rings. The molecule has 1 atom stereocenters. The molecule has 0 radical (unpaired) electrons. The third-order valence-corrected chi connectivity index (χ3v) is 4.06. The lowest BCUT2D eigenvalue weighted by Gasteiger charge is -2.34. The van der Waals surface area contributed by atoms with Gasteiger partial charge in [0.2, 0.25) is 5.91 Å². The van der Waals surface area contributed by atoms with Crippen LogP contribution < -0.4 is 10.1 Å². The summed E-state index contributed by atoms with van der Waals surface area (Å²) in [6.45, 7) is 5.57. The first-order valence-electron chi connectivity index (χ1n) is 8.51. The van der Waals surface area contributed by atoms with Gasteiger partial charge in [0.15, 0.2) is 0 Å². The molecule has 0 spiro atoms. The first-order chi connectivity index (χ1) is 10.8. The van der Waals surface area contributed by atoms with Crippen molar-refractivity contribution < 1.29 is 9.53 Å². The van der Waals surface area contributed by atoms with Crippen LogP contribution in [0.15, 0.2) is 30.3 Å². The number of nitrogens with zero attached hydrogens (tertiary/aromatic N) is 1. The summed E-state index contributed by atoms with van der Waals surface area (Å²) in [6, 6.07) is 9.86. The largest absolute Gasteiger partial charge is 0.494 e. The van der Waals surface area contributed by atoms with E-state index in [-0.39, 0.29) is 11.9 Å². The number of benzene rings is 1. The number of piperidine rings is 1. The Bertz CT molecular complexity index is 434. The average molecular weight is 304 g/mol. The molecule has 1 heterocycles. The Kier molecular flexibility index (Phi) is 7.23. The van der Waals surface area contributed by atoms with Crippen LogP contribution in [0.2, 0.25) is 0 Å². The van der Waals surface area contributed by atoms with E-state index < -0.39 is 0 Å². The first-order valence-corrected chi connectivity index (χ1v) is 8.51. The third-order valence-electron chi connectivity index (χ3n) is 4.06. The number of carbonyl (C=O) groups excluding carboxylic acids is 1. The van der Waals surface area contributed by atoms with Gasteiger partial charge >= 0.3 is 0 Å². The number of hydrogen-bond donors (Lipinski definition) is 1. The van der Waals surface area contributed by atoms with E-state index in [1.54, 1.807) is 0 Å². The molecule has 1 fully saturated rings. The maximum absolute atomic E-state index is 12.3. The number of amides is 1. The second-order valence-electron chi connectivity index (χ2n) is 5.85. The van der Waals surface area contributed by atoms with Crippen LogP contribution in [0.3, 0.4) is 0 Å². The summed E-state index contributed by atoms with van der Waals surface area (Å²) >= 11 is 0. The van der Waals surface area contributed by atoms with Gasteiger partial charge in [0.05, 0.1) is 12.6 Å². The Labute approximate surface area is 133 Å². The van der Waals surface area contributed by atoms with Crippen LogP contribution in [0.4, 0.5) is 0 Å². The Balaban J connectivity index is 1.64. The summed E-state index contributed by atoms with van der Waals surface area (Å²) in [7, 11) is 0. The summed E-state index contributed by atoms with van der Waals surface area (Å²) in [5.74, 6) is 1.07. The van der Waals surface area contributed by atoms with Crippen LogP contribution in [0.5, 0.6) is 5.75 Å². The van der Waals surface area contributed by atoms with Gasteiger partial charge in [0, 0.05) is 6.54 Å². The maximum atomic E-state index is 12.3. The number of carbonyl (C=O) groups is 1. The molecule has 4 heteroatoms. The monoisotopic (exact) mass is 304 g/mol. The molecule has 1 unspecified atom stereocenters. The highest BCUT2D eigenvalue weighted by molar-refractivity contribution is 5.81. The number of likely N-dealkylation sites (tertiary alicyclic amines) is 1. The van der Waals surface area contributed by atoms with Gasteiger partial charge in [-0.05, 0) is 50.9 Å². The van der Waals surface area contributed by atoms with Crippen LogP contribution in [0, 0.1) is 0 Å². The van der Waals surface area contributed by atoms with E-state index in [0.717, 1.165) is 44.5 Å². The molecular weight excluding hydrogens is 276 g/mol. The lowest BCUT2D eigenvalue weighted by Crippen LogP contribution is -2.49. The van der Waals surface area contributed by atoms with Gasteiger partial charge < -0.3 is 10.1 Å². The predicted octanol–water partition coefficient (Wildman–Crippen LogP) is 2.84. The van der Waals surface area contributed by atoms with Crippen molar-refractivity contribution in [3.05, 3.63) is 30.3 Å². The molecule has 1 aromatic carbocycles. The smallest absolute Gasteiger partial charge is 0.237 e. The Hall–Kier alpha value is -1.55. The van der Waals surface area contributed by atoms with Gasteiger partial charge in [-0.2, -0.15) is 0 Å². The Morgan fingerprint density at radius 3 is 2.91 bits per heavy atom. The molecular formula is C18H28N2O2. The standard InChI is InChI=1S/C18H28N2O2/c1-2-13-20-14-7-6-11-17(20)18(21)19-12-8-15-22-16-9-4-3-5-10-16/h3-5,9-10,17H,2,6-8,11-15H2,1H3,(H,19,21). The van der Waals surface area contributed by atoms with Crippen LogP contribution in [-0.2, 0) is 4.79 Å². The normalized spacial score (nSPS) is 18.9. The van der Waals surface area contributed by atoms with E-state index in [1.165, 1.54) is 6.42 Å². The zero-order valence-corrected chi connectivity index (χ0v) is 13.6. The molecule has 22 heavy (non-hydrogen) atoms. The van der Waals surface area contributed by atoms with E-state index in [2.05, 4.69) is 17.1 Å². The quantitative estimate of drug-likeness (QED) is 0.751. The van der Waals surface area contributed by atoms with Crippen LogP contribution in [-0.4, -0.2) is 43.1 Å². The zero-order chi connectivity index (χ0) is 15.6. The van der Waals surface area contributed by atoms with Crippen molar-refractivity contribution >= 4 is 5.91 Å². The van der Waals surface area contributed by atoms with Crippen LogP contribution in [0.25, 0.3) is 0 Å². The minimum absolute atomic E-state index is 0.0729. The van der Waals surface area contributed by atoms with E-state index in [9.17, 15) is 4.79 Å². The lowest BCUT2D eigenvalue weighted by molar-refractivity contribution is -0.127. The van der Waals surface area contributed by atoms with Crippen molar-refractivity contribution in [3.8, 4) is 5.75 Å². The number of ether oxygens (including phenoxy) is 1. The minimum Gasteiger partial charge on any atom is -0.494 e. The number of nitrogens with one attached hydrogen (secondary N) is 1. The molecule has 0 bridgehead atoms. The average Bonchev–Trinajstić information content (AvgIpc) is 2.56. The second kappa shape index (κ2) is 9.46. The summed E-state index contributed by atoms with van der Waals surface area (Å²) < 4.78 is 5.63. The topological polar surface area (TPSA) is 41.6 Å². The number of para-hydroxylation sites is 1. The molecule has 4 nitrogen and oxygen atoms in total. The van der Waals surface area contributed by atoms with Gasteiger partial charge in [0.1, 0.15) is 5.75 Å². The maximum Gasteiger partial charge on any atom is 0.237 e. The fraction of sp³-hybridized carbons (Fsp3) is 0.611. The van der Waals surface area contributed by atoms with E-state index in [0.29, 0.717) is 13.2 Å². The Morgan fingerprint density at radius 1 is 1.32 bits per heavy atom. The lowest BCUT2D eigenvalue weighted by atomic mass is 10.0. The van der Waals surface area contributed by atoms with Crippen LogP contribution >= 0.6 is 0 Å². The molecule has 1 amide bonds. The zero-order valence-electron chi connectivity index (χ0n) is 13.6. The predicted molar refractivity (Wildman–Crippen MR) is 89.1 cm³/mol. The van der Waals surface area contributed by atoms with Crippen molar-refractivity contribution in [1.29, 1.82) is 0 Å². The van der Waals surface area contributed by atoms with Gasteiger partial charge in [-0.15, -0.1) is 0 Å². The molecule has 0 aromatic heterocycles. The number of rotatable bonds is 8. The van der Waals surface area contributed by atoms with Crippen molar-refractivity contribution in [2.24, 2.45) is 0 Å². The summed E-state index contributed by atoms with van der Waals surface area (Å²) in [6.07, 6.45) is 5.31. The molecule has 1 saturated heterocycles. The molecule has 1 N–H and O–H groups in total. The van der Waals surface area contributed by atoms with E-state index >= 15 is 0 Å². The fourth-order valence-electron chi connectivity index (χ4n) is 2.95. The summed E-state index contributed by atoms with van der Waals surface area (Å²) in [4.78, 5) is 14.7. The molecule has 1 aromatic rings. The third kappa shape index (κ3) is 5.34. The summed E-state index contributed by atoms with van der Waals surface area (Å²) in [5.41, 5.74) is 0. The minimum atomic E-state index is 0.0729. The number of hydrogen-bond acceptors (Lipinski definition) is 3. The van der Waals surface area contributed by atoms with Gasteiger partial charge in [-0.25, -0.2) is 0 Å². The van der Waals surface area contributed by atoms with Gasteiger partial charge in [-0.3, -0.25) is 9.69 Å². The van der Waals surface area contributed by atoms with Crippen molar-refractivity contribution in [1.82, 2.24) is 10.2 Å². The van der Waals surface area contributed by atoms with Gasteiger partial charge in [0.25, 0.3) is 0 Å². The summed E-state index contributed by atoms with van der Waals surface area (Å²) in [5, 5.41) is 3.07. The molecule has 0 aliphatic carbocycles. The van der Waals surface area contributed by atoms with Gasteiger partial charge in [-0.1, -0.05) is 31.5 Å². The highest BCUT2D eigenvalue weighted by Gasteiger charge is 2.27. The fourth-order valence-corrected chi connectivity index (χ4v) is 2.95. The molecule has 122 valence electrons. The second-order valence-corrected chi connectivity index (χ2v) is 5.85. The van der Waals surface area contributed by atoms with E-state index in [1.807, 2.05) is 30.3 Å². The van der Waals surface area contributed by atoms with Crippen LogP contribution in [0.1, 0.15) is 39.0 Å². The molecule has 2 rings (SSSR count). The van der Waals surface area contributed by atoms with Crippen molar-refractivity contribution in [3.63, 3.8) is 0 Å². The first kappa shape index (κ1) is 16.8. The highest BCUT2D eigenvalue weighted by atomic mass is 16.5. The highest BCUT2D eigenvalue weighted by Crippen LogP contribution is 2.17. The Morgan fingerprint density at radius 2 is 2.14 bits per heavy atom.